The summed E-state index contributed by atoms with van der Waals surface area (Å²) in [5.74, 6) is -1.10. The fraction of sp³-hybridized carbons (Fsp3) is 0.538. The molecular weight excluding hydrogens is 443 g/mol. The summed E-state index contributed by atoms with van der Waals surface area (Å²) in [6.07, 6.45) is 1.29. The Morgan fingerprint density at radius 2 is 2.19 bits per heavy atom. The van der Waals surface area contributed by atoms with Gasteiger partial charge in [-0.25, -0.2) is 9.48 Å². The van der Waals surface area contributed by atoms with Crippen molar-refractivity contribution in [2.45, 2.75) is 28.7 Å². The first-order valence-corrected chi connectivity index (χ1v) is 9.74. The molecule has 1 unspecified atom stereocenters. The topological polar surface area (TPSA) is 119 Å². The molecule has 0 saturated carbocycles. The molecule has 2 amide bonds. The van der Waals surface area contributed by atoms with Crippen LogP contribution in [0.3, 0.4) is 0 Å². The molecule has 0 radical (unpaired) electrons. The highest BCUT2D eigenvalue weighted by atomic mass is 35.6. The average Bonchev–Trinajstić information content (AvgIpc) is 3.09. The van der Waals surface area contributed by atoms with E-state index in [2.05, 4.69) is 20.8 Å². The maximum atomic E-state index is 12.5. The van der Waals surface area contributed by atoms with Crippen LogP contribution in [-0.4, -0.2) is 70.5 Å². The van der Waals surface area contributed by atoms with E-state index in [1.165, 1.54) is 27.7 Å². The van der Waals surface area contributed by atoms with Crippen LogP contribution in [0.4, 0.5) is 0 Å². The fourth-order valence-corrected chi connectivity index (χ4v) is 4.05. The van der Waals surface area contributed by atoms with Gasteiger partial charge < -0.3 is 10.1 Å². The number of halogens is 3. The van der Waals surface area contributed by atoms with E-state index in [0.29, 0.717) is 11.3 Å². The number of amides is 2. The van der Waals surface area contributed by atoms with Crippen molar-refractivity contribution in [1.82, 2.24) is 30.4 Å². The van der Waals surface area contributed by atoms with E-state index < -0.39 is 39.6 Å². The molecule has 0 aromatic carbocycles. The van der Waals surface area contributed by atoms with Gasteiger partial charge in [-0.15, -0.1) is 16.9 Å². The number of nitrogens with one attached hydrogen (secondary N) is 1. The van der Waals surface area contributed by atoms with Crippen molar-refractivity contribution >= 4 is 64.3 Å². The van der Waals surface area contributed by atoms with E-state index in [1.54, 1.807) is 6.92 Å². The highest BCUT2D eigenvalue weighted by Crippen LogP contribution is 2.40. The maximum Gasteiger partial charge on any atom is 0.355 e. The van der Waals surface area contributed by atoms with E-state index in [-0.39, 0.29) is 12.2 Å². The third kappa shape index (κ3) is 4.48. The minimum atomic E-state index is -1.75. The van der Waals surface area contributed by atoms with E-state index in [4.69, 9.17) is 39.5 Å². The van der Waals surface area contributed by atoms with Gasteiger partial charge in [-0.3, -0.25) is 14.5 Å². The second-order valence-corrected chi connectivity index (χ2v) is 9.40. The van der Waals surface area contributed by atoms with Gasteiger partial charge in [0.05, 0.1) is 0 Å². The summed E-state index contributed by atoms with van der Waals surface area (Å²) in [7, 11) is 0. The van der Waals surface area contributed by atoms with E-state index in [1.807, 2.05) is 0 Å². The van der Waals surface area contributed by atoms with E-state index in [9.17, 15) is 14.4 Å². The number of aromatic nitrogens is 4. The smallest absolute Gasteiger partial charge is 0.355 e. The Balaban J connectivity index is 1.65. The molecular formula is C13H13Cl3N6O4S. The molecule has 1 aromatic heterocycles. The van der Waals surface area contributed by atoms with Gasteiger partial charge in [-0.05, 0) is 22.9 Å². The van der Waals surface area contributed by atoms with Crippen LogP contribution in [0.15, 0.2) is 17.6 Å². The molecule has 1 N–H and O–H groups in total. The second kappa shape index (κ2) is 7.82. The Morgan fingerprint density at radius 3 is 2.81 bits per heavy atom. The highest BCUT2D eigenvalue weighted by Gasteiger charge is 2.54. The average molecular weight is 456 g/mol. The summed E-state index contributed by atoms with van der Waals surface area (Å²) in [6.45, 7) is 1.15. The number of hydrogen-bond donors (Lipinski definition) is 1. The Morgan fingerprint density at radius 1 is 1.44 bits per heavy atom. The van der Waals surface area contributed by atoms with Crippen LogP contribution in [0.1, 0.15) is 6.92 Å². The molecule has 2 aliphatic heterocycles. The number of rotatable bonds is 5. The molecule has 10 nitrogen and oxygen atoms in total. The van der Waals surface area contributed by atoms with E-state index in [0.717, 1.165) is 0 Å². The Hall–Kier alpha value is -1.56. The molecule has 2 atom stereocenters. The van der Waals surface area contributed by atoms with Gasteiger partial charge in [0.15, 0.2) is 0 Å². The molecule has 1 fully saturated rings. The van der Waals surface area contributed by atoms with Crippen LogP contribution in [-0.2, 0) is 25.7 Å². The van der Waals surface area contributed by atoms with Gasteiger partial charge >= 0.3 is 5.97 Å². The number of thioether (sulfide) groups is 1. The van der Waals surface area contributed by atoms with Crippen molar-refractivity contribution in [1.29, 1.82) is 0 Å². The first-order valence-electron chi connectivity index (χ1n) is 7.56. The summed E-state index contributed by atoms with van der Waals surface area (Å²) in [5, 5.41) is 12.7. The number of fused-ring (bicyclic) bond motifs is 1. The monoisotopic (exact) mass is 454 g/mol. The summed E-state index contributed by atoms with van der Waals surface area (Å²) in [6, 6.07) is -0.761. The van der Waals surface area contributed by atoms with Crippen molar-refractivity contribution < 1.29 is 19.1 Å². The minimum Gasteiger partial charge on any atom is -0.456 e. The third-order valence-corrected chi connectivity index (χ3v) is 5.48. The first-order chi connectivity index (χ1) is 12.7. The number of alkyl halides is 3. The number of carbonyl (C=O) groups excluding carboxylic acids is 3. The van der Waals surface area contributed by atoms with Crippen LogP contribution in [0.25, 0.3) is 0 Å². The molecule has 146 valence electrons. The number of β-lactam (4-membered cyclic amide) rings is 1. The van der Waals surface area contributed by atoms with Gasteiger partial charge in [-0.1, -0.05) is 34.8 Å². The molecule has 3 heterocycles. The van der Waals surface area contributed by atoms with Gasteiger partial charge in [-0.2, -0.15) is 0 Å². The quantitative estimate of drug-likeness (QED) is 0.381. The lowest BCUT2D eigenvalue weighted by atomic mass is 10.0. The number of esters is 1. The fourth-order valence-electron chi connectivity index (χ4n) is 2.60. The standard InChI is InChI=1S/C13H13Cl3N6O4S/c1-6-3-27-11-8(18-7(23)2-21-5-17-19-20-21)10(24)22(11)9(6)12(25)26-4-13(14,15)16/h5,8,11H,2-4H2,1H3,(H,18,23)/t8?,11-/m0/s1. The minimum absolute atomic E-state index is 0.115. The van der Waals surface area contributed by atoms with E-state index >= 15 is 0 Å². The van der Waals surface area contributed by atoms with Crippen LogP contribution in [0, 0.1) is 0 Å². The Bertz CT molecular complexity index is 796. The summed E-state index contributed by atoms with van der Waals surface area (Å²) >= 11 is 18.2. The Labute approximate surface area is 172 Å². The largest absolute Gasteiger partial charge is 0.456 e. The zero-order valence-electron chi connectivity index (χ0n) is 13.8. The highest BCUT2D eigenvalue weighted by molar-refractivity contribution is 8.00. The van der Waals surface area contributed by atoms with Crippen LogP contribution >= 0.6 is 46.6 Å². The van der Waals surface area contributed by atoms with Crippen molar-refractivity contribution in [2.75, 3.05) is 12.4 Å². The molecule has 0 bridgehead atoms. The molecule has 1 aromatic rings. The van der Waals surface area contributed by atoms with Crippen LogP contribution in [0.2, 0.25) is 0 Å². The molecule has 0 spiro atoms. The zero-order chi connectivity index (χ0) is 19.8. The number of tetrazole rings is 1. The molecule has 0 aliphatic carbocycles. The molecule has 27 heavy (non-hydrogen) atoms. The predicted molar refractivity (Wildman–Crippen MR) is 96.8 cm³/mol. The van der Waals surface area contributed by atoms with Gasteiger partial charge in [0.1, 0.15) is 36.6 Å². The van der Waals surface area contributed by atoms with Crippen molar-refractivity contribution in [3.05, 3.63) is 17.6 Å². The summed E-state index contributed by atoms with van der Waals surface area (Å²) in [5.41, 5.74) is 0.779. The summed E-state index contributed by atoms with van der Waals surface area (Å²) < 4.78 is 4.47. The third-order valence-electron chi connectivity index (χ3n) is 3.73. The normalized spacial score (nSPS) is 22.2. The first kappa shape index (κ1) is 20.2. The second-order valence-electron chi connectivity index (χ2n) is 5.78. The molecule has 14 heteroatoms. The van der Waals surface area contributed by atoms with Crippen molar-refractivity contribution in [3.8, 4) is 0 Å². The Kier molecular flexibility index (Phi) is 5.84. The van der Waals surface area contributed by atoms with Gasteiger partial charge in [0.25, 0.3) is 5.91 Å². The SMILES string of the molecule is CC1=C(C(=O)OCC(Cl)(Cl)Cl)N2C(=O)C(NC(=O)Cn3cnnn3)[C@@H]2SC1. The predicted octanol–water partition coefficient (Wildman–Crippen LogP) is 0.260. The zero-order valence-corrected chi connectivity index (χ0v) is 16.8. The van der Waals surface area contributed by atoms with Crippen molar-refractivity contribution in [3.63, 3.8) is 0 Å². The summed E-state index contributed by atoms with van der Waals surface area (Å²) in [4.78, 5) is 38.3. The number of ether oxygens (including phenoxy) is 1. The lowest BCUT2D eigenvalue weighted by Crippen LogP contribution is -2.70. The number of nitrogens with zero attached hydrogens (tertiary/aromatic N) is 5. The van der Waals surface area contributed by atoms with Gasteiger partial charge in [0, 0.05) is 5.75 Å². The lowest BCUT2D eigenvalue weighted by Gasteiger charge is -2.49. The van der Waals surface area contributed by atoms with Crippen LogP contribution in [0.5, 0.6) is 0 Å². The number of carbonyl (C=O) groups is 3. The molecule has 1 saturated heterocycles. The maximum absolute atomic E-state index is 12.5. The van der Waals surface area contributed by atoms with Crippen molar-refractivity contribution in [2.24, 2.45) is 0 Å². The molecule has 2 aliphatic rings. The van der Waals surface area contributed by atoms with Gasteiger partial charge in [0.2, 0.25) is 9.70 Å². The molecule has 3 rings (SSSR count). The lowest BCUT2D eigenvalue weighted by molar-refractivity contribution is -0.153. The van der Waals surface area contributed by atoms with Crippen LogP contribution < -0.4 is 5.32 Å². The number of hydrogen-bond acceptors (Lipinski definition) is 8.